The van der Waals surface area contributed by atoms with Crippen molar-refractivity contribution in [2.45, 2.75) is 51.0 Å². The van der Waals surface area contributed by atoms with Gasteiger partial charge in [-0.05, 0) is 68.1 Å². The van der Waals surface area contributed by atoms with Gasteiger partial charge in [-0.1, -0.05) is 26.0 Å². The zero-order valence-electron chi connectivity index (χ0n) is 19.7. The highest BCUT2D eigenvalue weighted by molar-refractivity contribution is 7.89. The maximum Gasteiger partial charge on any atom is 0.243 e. The van der Waals surface area contributed by atoms with Crippen molar-refractivity contribution in [1.29, 1.82) is 0 Å². The molecule has 0 aromatic heterocycles. The van der Waals surface area contributed by atoms with Gasteiger partial charge in [0.15, 0.2) is 5.78 Å². The van der Waals surface area contributed by atoms with E-state index in [1.807, 2.05) is 24.0 Å². The molecule has 8 heteroatoms. The van der Waals surface area contributed by atoms with E-state index in [4.69, 9.17) is 0 Å². The first-order valence-electron chi connectivity index (χ1n) is 11.4. The van der Waals surface area contributed by atoms with E-state index in [1.54, 1.807) is 36.4 Å². The van der Waals surface area contributed by atoms with Gasteiger partial charge in [0.2, 0.25) is 15.9 Å². The second-order valence-electron chi connectivity index (χ2n) is 8.62. The second kappa shape index (κ2) is 10.6. The molecule has 1 aliphatic rings. The van der Waals surface area contributed by atoms with Crippen LogP contribution in [-0.2, 0) is 14.8 Å². The lowest BCUT2D eigenvalue weighted by atomic mass is 9.99. The molecule has 2 aromatic rings. The van der Waals surface area contributed by atoms with Crippen molar-refractivity contribution >= 4 is 27.4 Å². The number of carbonyl (C=O) groups is 2. The van der Waals surface area contributed by atoms with Crippen LogP contribution in [0.3, 0.4) is 0 Å². The molecule has 33 heavy (non-hydrogen) atoms. The van der Waals surface area contributed by atoms with Gasteiger partial charge in [-0.3, -0.25) is 14.5 Å². The van der Waals surface area contributed by atoms with Crippen LogP contribution < -0.4 is 5.32 Å². The van der Waals surface area contributed by atoms with Crippen molar-refractivity contribution in [2.24, 2.45) is 0 Å². The lowest BCUT2D eigenvalue weighted by molar-refractivity contribution is -0.121. The van der Waals surface area contributed by atoms with Gasteiger partial charge in [-0.15, -0.1) is 0 Å². The fourth-order valence-corrected chi connectivity index (χ4v) is 5.31. The van der Waals surface area contributed by atoms with Crippen LogP contribution in [0.15, 0.2) is 53.4 Å². The smallest absolute Gasteiger partial charge is 0.243 e. The number of piperazine rings is 1. The number of Topliss-reactive ketones (excluding diaryl/α,β-unsaturated/α-hetero) is 1. The molecule has 0 unspecified atom stereocenters. The van der Waals surface area contributed by atoms with Crippen molar-refractivity contribution in [2.75, 3.05) is 31.5 Å². The molecular weight excluding hydrogens is 438 g/mol. The summed E-state index contributed by atoms with van der Waals surface area (Å²) < 4.78 is 27.6. The van der Waals surface area contributed by atoms with Crippen molar-refractivity contribution in [3.8, 4) is 0 Å². The van der Waals surface area contributed by atoms with E-state index in [9.17, 15) is 18.0 Å². The van der Waals surface area contributed by atoms with Crippen LogP contribution >= 0.6 is 0 Å². The Morgan fingerprint density at radius 3 is 2.03 bits per heavy atom. The summed E-state index contributed by atoms with van der Waals surface area (Å²) in [5.41, 5.74) is 2.35. The standard InChI is InChI=1S/C25H33N3O4S/c1-5-18(2)21-8-12-24(13-9-21)33(31,32)28-16-14-27(15-17-28)19(3)25(30)26-23-10-6-22(7-11-23)20(4)29/h6-13,18-19H,5,14-17H2,1-4H3,(H,26,30)/t18-,19+/m0/s1. The molecule has 0 spiro atoms. The highest BCUT2D eigenvalue weighted by Gasteiger charge is 2.31. The molecule has 0 bridgehead atoms. The Morgan fingerprint density at radius 1 is 0.939 bits per heavy atom. The van der Waals surface area contributed by atoms with E-state index >= 15 is 0 Å². The van der Waals surface area contributed by atoms with E-state index in [0.717, 1.165) is 12.0 Å². The van der Waals surface area contributed by atoms with Crippen LogP contribution in [0.25, 0.3) is 0 Å². The Morgan fingerprint density at radius 2 is 1.52 bits per heavy atom. The predicted molar refractivity (Wildman–Crippen MR) is 130 cm³/mol. The Bertz CT molecular complexity index is 1070. The molecule has 1 saturated heterocycles. The number of rotatable bonds is 8. The molecule has 2 atom stereocenters. The Kier molecular flexibility index (Phi) is 8.05. The van der Waals surface area contributed by atoms with Gasteiger partial charge in [0.25, 0.3) is 0 Å². The first-order valence-corrected chi connectivity index (χ1v) is 12.8. The number of carbonyl (C=O) groups excluding carboxylic acids is 2. The predicted octanol–water partition coefficient (Wildman–Crippen LogP) is 3.74. The number of anilines is 1. The average molecular weight is 472 g/mol. The van der Waals surface area contributed by atoms with Crippen molar-refractivity contribution in [1.82, 2.24) is 9.21 Å². The molecule has 178 valence electrons. The Labute approximate surface area is 196 Å². The number of nitrogens with zero attached hydrogens (tertiary/aromatic N) is 2. The maximum atomic E-state index is 13.1. The number of amides is 1. The number of ketones is 1. The minimum absolute atomic E-state index is 0.0273. The second-order valence-corrected chi connectivity index (χ2v) is 10.6. The zero-order chi connectivity index (χ0) is 24.2. The summed E-state index contributed by atoms with van der Waals surface area (Å²) in [4.78, 5) is 26.4. The van der Waals surface area contributed by atoms with E-state index in [0.29, 0.717) is 48.2 Å². The van der Waals surface area contributed by atoms with Crippen molar-refractivity contribution in [3.05, 3.63) is 59.7 Å². The molecule has 1 amide bonds. The van der Waals surface area contributed by atoms with E-state index < -0.39 is 16.1 Å². The largest absolute Gasteiger partial charge is 0.325 e. The number of hydrogen-bond donors (Lipinski definition) is 1. The molecule has 1 heterocycles. The molecule has 0 aliphatic carbocycles. The lowest BCUT2D eigenvalue weighted by Gasteiger charge is -2.36. The van der Waals surface area contributed by atoms with Crippen LogP contribution in [0.2, 0.25) is 0 Å². The molecular formula is C25H33N3O4S. The van der Waals surface area contributed by atoms with Gasteiger partial charge in [0.1, 0.15) is 0 Å². The topological polar surface area (TPSA) is 86.8 Å². The third-order valence-corrected chi connectivity index (χ3v) is 8.37. The quantitative estimate of drug-likeness (QED) is 0.593. The van der Waals surface area contributed by atoms with Crippen LogP contribution in [0.5, 0.6) is 0 Å². The van der Waals surface area contributed by atoms with Crippen LogP contribution in [-0.4, -0.2) is 61.5 Å². The molecule has 3 rings (SSSR count). The van der Waals surface area contributed by atoms with Gasteiger partial charge in [0.05, 0.1) is 10.9 Å². The normalized spacial score (nSPS) is 17.3. The average Bonchev–Trinajstić information content (AvgIpc) is 2.83. The monoisotopic (exact) mass is 471 g/mol. The summed E-state index contributed by atoms with van der Waals surface area (Å²) >= 11 is 0. The number of sulfonamides is 1. The van der Waals surface area contributed by atoms with Crippen LogP contribution in [0.1, 0.15) is 56.0 Å². The van der Waals surface area contributed by atoms with Crippen molar-refractivity contribution in [3.63, 3.8) is 0 Å². The first-order chi connectivity index (χ1) is 15.6. The molecule has 1 N–H and O–H groups in total. The van der Waals surface area contributed by atoms with Gasteiger partial charge in [-0.2, -0.15) is 4.31 Å². The van der Waals surface area contributed by atoms with Crippen molar-refractivity contribution < 1.29 is 18.0 Å². The number of nitrogens with one attached hydrogen (secondary N) is 1. The highest BCUT2D eigenvalue weighted by atomic mass is 32.2. The highest BCUT2D eigenvalue weighted by Crippen LogP contribution is 2.23. The zero-order valence-corrected chi connectivity index (χ0v) is 20.6. The fourth-order valence-electron chi connectivity index (χ4n) is 3.89. The minimum Gasteiger partial charge on any atom is -0.325 e. The lowest BCUT2D eigenvalue weighted by Crippen LogP contribution is -2.53. The molecule has 1 fully saturated rings. The summed E-state index contributed by atoms with van der Waals surface area (Å²) in [6, 6.07) is 13.5. The van der Waals surface area contributed by atoms with E-state index in [2.05, 4.69) is 19.2 Å². The Balaban J connectivity index is 1.57. The van der Waals surface area contributed by atoms with E-state index in [-0.39, 0.29) is 11.7 Å². The van der Waals surface area contributed by atoms with E-state index in [1.165, 1.54) is 11.2 Å². The molecule has 0 radical (unpaired) electrons. The van der Waals surface area contributed by atoms with Crippen LogP contribution in [0.4, 0.5) is 5.69 Å². The molecule has 7 nitrogen and oxygen atoms in total. The summed E-state index contributed by atoms with van der Waals surface area (Å²) in [6.07, 6.45) is 1.00. The summed E-state index contributed by atoms with van der Waals surface area (Å²) in [5.74, 6) is 0.202. The van der Waals surface area contributed by atoms with Gasteiger partial charge < -0.3 is 5.32 Å². The minimum atomic E-state index is -3.56. The SMILES string of the molecule is CC[C@H](C)c1ccc(S(=O)(=O)N2CCN([C@H](C)C(=O)Nc3ccc(C(C)=O)cc3)CC2)cc1. The van der Waals surface area contributed by atoms with Gasteiger partial charge >= 0.3 is 0 Å². The third-order valence-electron chi connectivity index (χ3n) is 6.46. The Hall–Kier alpha value is -2.55. The summed E-state index contributed by atoms with van der Waals surface area (Å²) in [6.45, 7) is 9.17. The molecule has 2 aromatic carbocycles. The fraction of sp³-hybridized carbons (Fsp3) is 0.440. The third kappa shape index (κ3) is 5.88. The number of benzene rings is 2. The number of hydrogen-bond acceptors (Lipinski definition) is 5. The summed E-state index contributed by atoms with van der Waals surface area (Å²) in [5, 5.41) is 2.87. The first kappa shape index (κ1) is 25.1. The molecule has 1 aliphatic heterocycles. The maximum absolute atomic E-state index is 13.1. The summed E-state index contributed by atoms with van der Waals surface area (Å²) in [7, 11) is -3.56. The van der Waals surface area contributed by atoms with Crippen LogP contribution in [0, 0.1) is 0 Å². The molecule has 0 saturated carbocycles. The van der Waals surface area contributed by atoms with Gasteiger partial charge in [-0.25, -0.2) is 8.42 Å². The van der Waals surface area contributed by atoms with Gasteiger partial charge in [0, 0.05) is 37.4 Å².